The highest BCUT2D eigenvalue weighted by atomic mass is 35.5. The summed E-state index contributed by atoms with van der Waals surface area (Å²) < 4.78 is 24.7. The van der Waals surface area contributed by atoms with Crippen LogP contribution in [0.3, 0.4) is 0 Å². The van der Waals surface area contributed by atoms with Crippen LogP contribution in [-0.2, 0) is 20.8 Å². The topological polar surface area (TPSA) is 97.0 Å². The third-order valence-corrected chi connectivity index (χ3v) is 6.97. The molecule has 39 heavy (non-hydrogen) atoms. The van der Waals surface area contributed by atoms with Gasteiger partial charge in [-0.25, -0.2) is 9.18 Å². The molecule has 10 heteroatoms. The van der Waals surface area contributed by atoms with E-state index in [-0.39, 0.29) is 24.5 Å². The van der Waals surface area contributed by atoms with Crippen LogP contribution in [-0.4, -0.2) is 48.1 Å². The van der Waals surface area contributed by atoms with Gasteiger partial charge in [-0.1, -0.05) is 41.9 Å². The molecule has 2 aliphatic rings. The Morgan fingerprint density at radius 2 is 1.82 bits per heavy atom. The van der Waals surface area contributed by atoms with E-state index < -0.39 is 24.1 Å². The number of carbonyl (C=O) groups excluding carboxylic acids is 3. The Kier molecular flexibility index (Phi) is 8.09. The molecule has 3 atom stereocenters. The van der Waals surface area contributed by atoms with Gasteiger partial charge in [-0.15, -0.1) is 0 Å². The highest BCUT2D eigenvalue weighted by Crippen LogP contribution is 2.34. The molecule has 2 heterocycles. The molecule has 8 nitrogen and oxygen atoms in total. The number of rotatable bonds is 8. The second-order valence-electron chi connectivity index (χ2n) is 9.47. The SMILES string of the molecule is O=C(Nc1ccc([C@@H]2OC(=O)N(Cc3ccc(F)cc3)[C@@H]2C(=O)NC[C@@H]2CCCO2)cc1)c1cccc(Cl)c1. The summed E-state index contributed by atoms with van der Waals surface area (Å²) in [4.78, 5) is 40.3. The minimum absolute atomic E-state index is 0.0708. The number of carbonyl (C=O) groups is 3. The molecule has 3 amide bonds. The molecule has 0 saturated carbocycles. The molecule has 0 aromatic heterocycles. The predicted molar refractivity (Wildman–Crippen MR) is 143 cm³/mol. The van der Waals surface area contributed by atoms with Crippen LogP contribution in [0.15, 0.2) is 72.8 Å². The monoisotopic (exact) mass is 551 g/mol. The van der Waals surface area contributed by atoms with E-state index >= 15 is 0 Å². The fraction of sp³-hybridized carbons (Fsp3) is 0.276. The molecule has 2 N–H and O–H groups in total. The summed E-state index contributed by atoms with van der Waals surface area (Å²) in [7, 11) is 0. The van der Waals surface area contributed by atoms with Crippen molar-refractivity contribution < 1.29 is 28.2 Å². The number of hydrogen-bond donors (Lipinski definition) is 2. The van der Waals surface area contributed by atoms with Gasteiger partial charge in [0.25, 0.3) is 5.91 Å². The Morgan fingerprint density at radius 1 is 1.05 bits per heavy atom. The van der Waals surface area contributed by atoms with Crippen molar-refractivity contribution in [3.05, 3.63) is 100 Å². The second-order valence-corrected chi connectivity index (χ2v) is 9.91. The summed E-state index contributed by atoms with van der Waals surface area (Å²) >= 11 is 5.98. The van der Waals surface area contributed by atoms with E-state index in [9.17, 15) is 18.8 Å². The van der Waals surface area contributed by atoms with Crippen molar-refractivity contribution in [3.8, 4) is 0 Å². The highest BCUT2D eigenvalue weighted by Gasteiger charge is 2.47. The molecule has 202 valence electrons. The molecule has 5 rings (SSSR count). The van der Waals surface area contributed by atoms with Gasteiger partial charge >= 0.3 is 6.09 Å². The molecule has 0 spiro atoms. The van der Waals surface area contributed by atoms with Gasteiger partial charge in [0.1, 0.15) is 5.82 Å². The van der Waals surface area contributed by atoms with Gasteiger partial charge in [0.15, 0.2) is 12.1 Å². The standard InChI is InChI=1S/C29H27ClFN3O5/c30-21-4-1-3-20(15-21)27(35)33-23-12-8-19(9-13-23)26-25(28(36)32-16-24-5-2-14-38-24)34(29(37)39-26)17-18-6-10-22(31)11-7-18/h1,3-4,6-13,15,24-26H,2,5,14,16-17H2,(H,32,36)(H,33,35)/t24-,25-,26-/m0/s1. The quantitative estimate of drug-likeness (QED) is 0.406. The lowest BCUT2D eigenvalue weighted by Crippen LogP contribution is -2.47. The fourth-order valence-electron chi connectivity index (χ4n) is 4.71. The summed E-state index contributed by atoms with van der Waals surface area (Å²) in [6.07, 6.45) is 0.176. The average molecular weight is 552 g/mol. The maximum Gasteiger partial charge on any atom is 0.411 e. The summed E-state index contributed by atoms with van der Waals surface area (Å²) in [5.74, 6) is -1.09. The third kappa shape index (κ3) is 6.38. The van der Waals surface area contributed by atoms with E-state index in [1.807, 2.05) is 0 Å². The Hall–Kier alpha value is -3.95. The molecule has 0 bridgehead atoms. The van der Waals surface area contributed by atoms with E-state index in [1.54, 1.807) is 60.7 Å². The molecule has 2 aliphatic heterocycles. The van der Waals surface area contributed by atoms with Crippen LogP contribution in [0.1, 0.15) is 40.4 Å². The largest absolute Gasteiger partial charge is 0.438 e. The summed E-state index contributed by atoms with van der Waals surface area (Å²) in [6, 6.07) is 18.1. The molecule has 2 saturated heterocycles. The normalized spacial score (nSPS) is 20.5. The smallest absolute Gasteiger partial charge is 0.411 e. The van der Waals surface area contributed by atoms with E-state index in [2.05, 4.69) is 10.6 Å². The Morgan fingerprint density at radius 3 is 2.51 bits per heavy atom. The van der Waals surface area contributed by atoms with Gasteiger partial charge in [-0.3, -0.25) is 14.5 Å². The number of ether oxygens (including phenoxy) is 2. The Balaban J connectivity index is 1.34. The minimum atomic E-state index is -0.962. The maximum absolute atomic E-state index is 13.4. The Bertz CT molecular complexity index is 1350. The van der Waals surface area contributed by atoms with E-state index in [4.69, 9.17) is 21.1 Å². The summed E-state index contributed by atoms with van der Waals surface area (Å²) in [5, 5.41) is 6.16. The van der Waals surface area contributed by atoms with Crippen LogP contribution in [0.5, 0.6) is 0 Å². The summed E-state index contributed by atoms with van der Waals surface area (Å²) in [5.41, 5.74) is 2.18. The van der Waals surface area contributed by atoms with Gasteiger partial charge in [0.05, 0.1) is 12.6 Å². The lowest BCUT2D eigenvalue weighted by Gasteiger charge is -2.25. The van der Waals surface area contributed by atoms with E-state index in [0.29, 0.717) is 40.6 Å². The van der Waals surface area contributed by atoms with Gasteiger partial charge in [-0.05, 0) is 66.4 Å². The van der Waals surface area contributed by atoms with Crippen LogP contribution in [0.25, 0.3) is 0 Å². The van der Waals surface area contributed by atoms with Crippen molar-refractivity contribution in [3.63, 3.8) is 0 Å². The molecular weight excluding hydrogens is 525 g/mol. The molecule has 0 unspecified atom stereocenters. The van der Waals surface area contributed by atoms with Gasteiger partial charge < -0.3 is 20.1 Å². The van der Waals surface area contributed by atoms with Gasteiger partial charge in [0, 0.05) is 29.4 Å². The number of nitrogens with zero attached hydrogens (tertiary/aromatic N) is 1. The van der Waals surface area contributed by atoms with E-state index in [0.717, 1.165) is 12.8 Å². The van der Waals surface area contributed by atoms with Gasteiger partial charge in [0.2, 0.25) is 5.91 Å². The molecular formula is C29H27ClFN3O5. The van der Waals surface area contributed by atoms with Crippen LogP contribution >= 0.6 is 11.6 Å². The number of benzene rings is 3. The zero-order valence-electron chi connectivity index (χ0n) is 20.9. The minimum Gasteiger partial charge on any atom is -0.438 e. The van der Waals surface area contributed by atoms with Crippen LogP contribution in [0.4, 0.5) is 14.9 Å². The van der Waals surface area contributed by atoms with Crippen molar-refractivity contribution in [2.45, 2.75) is 37.6 Å². The number of anilines is 1. The lowest BCUT2D eigenvalue weighted by molar-refractivity contribution is -0.126. The molecule has 3 aromatic carbocycles. The maximum atomic E-state index is 13.4. The number of hydrogen-bond acceptors (Lipinski definition) is 5. The van der Waals surface area contributed by atoms with Crippen molar-refractivity contribution in [2.24, 2.45) is 0 Å². The molecule has 0 aliphatic carbocycles. The van der Waals surface area contributed by atoms with Crippen molar-refractivity contribution >= 4 is 35.2 Å². The number of nitrogens with one attached hydrogen (secondary N) is 2. The number of cyclic esters (lactones) is 1. The van der Waals surface area contributed by atoms with Crippen molar-refractivity contribution in [2.75, 3.05) is 18.5 Å². The first-order valence-electron chi connectivity index (χ1n) is 12.7. The van der Waals surface area contributed by atoms with Crippen LogP contribution < -0.4 is 10.6 Å². The lowest BCUT2D eigenvalue weighted by atomic mass is 10.00. The first-order chi connectivity index (χ1) is 18.9. The zero-order chi connectivity index (χ0) is 27.4. The fourth-order valence-corrected chi connectivity index (χ4v) is 4.90. The third-order valence-electron chi connectivity index (χ3n) is 6.73. The zero-order valence-corrected chi connectivity index (χ0v) is 21.7. The van der Waals surface area contributed by atoms with Crippen molar-refractivity contribution in [1.82, 2.24) is 10.2 Å². The number of halogens is 2. The first kappa shape index (κ1) is 26.6. The molecule has 0 radical (unpaired) electrons. The second kappa shape index (κ2) is 11.8. The summed E-state index contributed by atoms with van der Waals surface area (Å²) in [6.45, 7) is 1.06. The van der Waals surface area contributed by atoms with Crippen LogP contribution in [0.2, 0.25) is 5.02 Å². The predicted octanol–water partition coefficient (Wildman–Crippen LogP) is 5.09. The Labute approximate surface area is 230 Å². The highest BCUT2D eigenvalue weighted by molar-refractivity contribution is 6.31. The van der Waals surface area contributed by atoms with E-state index in [1.165, 1.54) is 17.0 Å². The average Bonchev–Trinajstić information content (AvgIpc) is 3.57. The molecule has 3 aromatic rings. The van der Waals surface area contributed by atoms with Gasteiger partial charge in [-0.2, -0.15) is 0 Å². The van der Waals surface area contributed by atoms with Crippen LogP contribution in [0, 0.1) is 5.82 Å². The number of amides is 3. The van der Waals surface area contributed by atoms with Crippen molar-refractivity contribution in [1.29, 1.82) is 0 Å². The first-order valence-corrected chi connectivity index (χ1v) is 13.0. The molecule has 2 fully saturated rings.